The van der Waals surface area contributed by atoms with Gasteiger partial charge in [-0.3, -0.25) is 9.20 Å². The Kier molecular flexibility index (Phi) is 6.24. The molecule has 0 spiro atoms. The summed E-state index contributed by atoms with van der Waals surface area (Å²) in [6, 6.07) is 16.0. The first-order chi connectivity index (χ1) is 18.2. The van der Waals surface area contributed by atoms with Gasteiger partial charge in [0.15, 0.2) is 5.69 Å². The number of fused-ring (bicyclic) bond motifs is 1. The first kappa shape index (κ1) is 24.5. The maximum Gasteiger partial charge on any atom is 0.435 e. The van der Waals surface area contributed by atoms with E-state index in [2.05, 4.69) is 30.6 Å². The van der Waals surface area contributed by atoms with Gasteiger partial charge in [0.2, 0.25) is 17.6 Å². The third-order valence-electron chi connectivity index (χ3n) is 5.46. The molecule has 0 bridgehead atoms. The van der Waals surface area contributed by atoms with Gasteiger partial charge in [0.25, 0.3) is 5.91 Å². The number of nitrogens with one attached hydrogen (secondary N) is 2. The van der Waals surface area contributed by atoms with Gasteiger partial charge in [-0.15, -0.1) is 0 Å². The number of nitrogen functional groups attached to an aromatic ring is 1. The van der Waals surface area contributed by atoms with Gasteiger partial charge in [-0.05, 0) is 42.5 Å². The summed E-state index contributed by atoms with van der Waals surface area (Å²) in [5.74, 6) is -0.380. The zero-order valence-electron chi connectivity index (χ0n) is 19.7. The first-order valence-electron chi connectivity index (χ1n) is 11.1. The van der Waals surface area contributed by atoms with Crippen molar-refractivity contribution in [2.45, 2.75) is 6.18 Å². The van der Waals surface area contributed by atoms with E-state index < -0.39 is 11.9 Å². The lowest BCUT2D eigenvalue weighted by Crippen LogP contribution is -2.13. The van der Waals surface area contributed by atoms with Crippen LogP contribution in [0.15, 0.2) is 73.1 Å². The van der Waals surface area contributed by atoms with Crippen molar-refractivity contribution in [3.63, 3.8) is 0 Å². The summed E-state index contributed by atoms with van der Waals surface area (Å²) >= 11 is 0. The Hall–Kier alpha value is -5.20. The van der Waals surface area contributed by atoms with E-state index in [4.69, 9.17) is 10.5 Å². The number of halogens is 3. The Morgan fingerprint density at radius 2 is 1.76 bits per heavy atom. The number of benzene rings is 2. The molecule has 0 saturated heterocycles. The highest BCUT2D eigenvalue weighted by Gasteiger charge is 2.39. The lowest BCUT2D eigenvalue weighted by atomic mass is 10.2. The molecule has 3 heterocycles. The molecule has 3 aromatic heterocycles. The number of carbonyl (C=O) groups is 1. The van der Waals surface area contributed by atoms with Crippen molar-refractivity contribution in [2.75, 3.05) is 23.5 Å². The topological polar surface area (TPSA) is 132 Å². The number of hydrogen-bond acceptors (Lipinski definition) is 8. The Labute approximate surface area is 213 Å². The van der Waals surface area contributed by atoms with Gasteiger partial charge in [-0.2, -0.15) is 18.2 Å². The minimum atomic E-state index is -4.75. The number of imidazole rings is 1. The fourth-order valence-corrected chi connectivity index (χ4v) is 3.66. The van der Waals surface area contributed by atoms with E-state index in [1.54, 1.807) is 48.5 Å². The van der Waals surface area contributed by atoms with Crippen LogP contribution in [0.25, 0.3) is 17.2 Å². The van der Waals surface area contributed by atoms with E-state index in [1.807, 2.05) is 0 Å². The molecular formula is C25H19F3N8O2. The second-order valence-corrected chi connectivity index (χ2v) is 7.96. The summed E-state index contributed by atoms with van der Waals surface area (Å²) in [6.07, 6.45) is -2.05. The molecule has 0 saturated carbocycles. The van der Waals surface area contributed by atoms with Crippen LogP contribution in [0.2, 0.25) is 0 Å². The molecule has 0 aliphatic carbocycles. The van der Waals surface area contributed by atoms with E-state index in [0.717, 1.165) is 0 Å². The van der Waals surface area contributed by atoms with Crippen molar-refractivity contribution in [3.8, 4) is 17.3 Å². The summed E-state index contributed by atoms with van der Waals surface area (Å²) < 4.78 is 47.7. The Balaban J connectivity index is 1.41. The van der Waals surface area contributed by atoms with Crippen LogP contribution in [-0.2, 0) is 6.18 Å². The molecule has 2 aromatic carbocycles. The van der Waals surface area contributed by atoms with Crippen LogP contribution in [0, 0.1) is 0 Å². The van der Waals surface area contributed by atoms with Crippen LogP contribution in [0.1, 0.15) is 16.1 Å². The predicted octanol–water partition coefficient (Wildman–Crippen LogP) is 4.79. The van der Waals surface area contributed by atoms with Gasteiger partial charge in [-0.25, -0.2) is 15.0 Å². The molecule has 5 rings (SSSR count). The summed E-state index contributed by atoms with van der Waals surface area (Å²) in [6.45, 7) is 0. The zero-order chi connectivity index (χ0) is 26.9. The van der Waals surface area contributed by atoms with Gasteiger partial charge in [0.1, 0.15) is 5.69 Å². The molecular weight excluding hydrogens is 501 g/mol. The minimum absolute atomic E-state index is 0.0225. The van der Waals surface area contributed by atoms with Crippen LogP contribution < -0.4 is 21.1 Å². The summed E-state index contributed by atoms with van der Waals surface area (Å²) in [5.41, 5.74) is 6.22. The van der Waals surface area contributed by atoms with Gasteiger partial charge in [0, 0.05) is 29.7 Å². The van der Waals surface area contributed by atoms with Gasteiger partial charge in [0.05, 0.1) is 24.2 Å². The van der Waals surface area contributed by atoms with Crippen molar-refractivity contribution >= 4 is 34.7 Å². The Morgan fingerprint density at radius 1 is 1.00 bits per heavy atom. The maximum atomic E-state index is 13.8. The zero-order valence-corrected chi connectivity index (χ0v) is 19.7. The Morgan fingerprint density at radius 3 is 2.47 bits per heavy atom. The molecule has 0 aliphatic heterocycles. The van der Waals surface area contributed by atoms with Crippen LogP contribution in [0.4, 0.5) is 36.2 Å². The smallest absolute Gasteiger partial charge is 0.435 e. The number of hydrogen-bond donors (Lipinski definition) is 3. The van der Waals surface area contributed by atoms with E-state index in [9.17, 15) is 18.0 Å². The Bertz CT molecular complexity index is 1630. The number of aromatic nitrogens is 5. The number of ether oxygens (including phenoxy) is 1. The van der Waals surface area contributed by atoms with Crippen LogP contribution in [-0.4, -0.2) is 37.4 Å². The van der Waals surface area contributed by atoms with Crippen LogP contribution >= 0.6 is 0 Å². The van der Waals surface area contributed by atoms with Crippen molar-refractivity contribution < 1.29 is 22.7 Å². The number of anilines is 4. The highest BCUT2D eigenvalue weighted by atomic mass is 19.4. The van der Waals surface area contributed by atoms with Crippen LogP contribution in [0.3, 0.4) is 0 Å². The van der Waals surface area contributed by atoms with E-state index in [0.29, 0.717) is 22.6 Å². The highest BCUT2D eigenvalue weighted by Crippen LogP contribution is 2.36. The standard InChI is InChI=1S/C25H19F3N8O2/c1-38-19-11-13-36-20(21(25(26,27)28)35-24(36)34-19)18-10-12-30-23(33-18)31-15-8-6-14(7-9-15)22(37)32-17-5-3-2-4-16(17)29/h2-13H,29H2,1H3,(H,32,37)(H,30,31,33). The highest BCUT2D eigenvalue weighted by molar-refractivity contribution is 6.05. The SMILES string of the molecule is COc1ccn2c(-c3ccnc(Nc4ccc(C(=O)Nc5ccccc5N)cc4)n3)c(C(F)(F)F)nc2n1. The number of alkyl halides is 3. The summed E-state index contributed by atoms with van der Waals surface area (Å²) in [4.78, 5) is 28.6. The monoisotopic (exact) mass is 520 g/mol. The predicted molar refractivity (Wildman–Crippen MR) is 134 cm³/mol. The third-order valence-corrected chi connectivity index (χ3v) is 5.46. The molecule has 10 nitrogen and oxygen atoms in total. The second-order valence-electron chi connectivity index (χ2n) is 7.96. The number of nitrogens with zero attached hydrogens (tertiary/aromatic N) is 5. The summed E-state index contributed by atoms with van der Waals surface area (Å²) in [5, 5.41) is 5.67. The maximum absolute atomic E-state index is 13.8. The molecule has 5 aromatic rings. The minimum Gasteiger partial charge on any atom is -0.481 e. The lowest BCUT2D eigenvalue weighted by Gasteiger charge is -2.10. The molecule has 192 valence electrons. The number of rotatable bonds is 6. The fourth-order valence-electron chi connectivity index (χ4n) is 3.66. The van der Waals surface area contributed by atoms with Crippen molar-refractivity contribution in [2.24, 2.45) is 0 Å². The molecule has 0 atom stereocenters. The number of carbonyl (C=O) groups excluding carboxylic acids is 1. The lowest BCUT2D eigenvalue weighted by molar-refractivity contribution is -0.140. The largest absolute Gasteiger partial charge is 0.481 e. The normalized spacial score (nSPS) is 11.4. The number of para-hydroxylation sites is 2. The molecule has 0 radical (unpaired) electrons. The number of methoxy groups -OCH3 is 1. The molecule has 0 unspecified atom stereocenters. The van der Waals surface area contributed by atoms with Crippen LogP contribution in [0.5, 0.6) is 5.88 Å². The van der Waals surface area contributed by atoms with Gasteiger partial charge in [-0.1, -0.05) is 12.1 Å². The summed E-state index contributed by atoms with van der Waals surface area (Å²) in [7, 11) is 1.36. The van der Waals surface area contributed by atoms with Gasteiger partial charge < -0.3 is 21.1 Å². The quantitative estimate of drug-likeness (QED) is 0.272. The third kappa shape index (κ3) is 4.89. The van der Waals surface area contributed by atoms with Crippen molar-refractivity contribution in [3.05, 3.63) is 84.3 Å². The first-order valence-corrected chi connectivity index (χ1v) is 11.1. The average Bonchev–Trinajstić information content (AvgIpc) is 3.30. The molecule has 13 heteroatoms. The van der Waals surface area contributed by atoms with E-state index in [1.165, 1.54) is 36.0 Å². The molecule has 38 heavy (non-hydrogen) atoms. The van der Waals surface area contributed by atoms with Crippen molar-refractivity contribution in [1.29, 1.82) is 0 Å². The number of amides is 1. The molecule has 0 aliphatic rings. The van der Waals surface area contributed by atoms with Crippen molar-refractivity contribution in [1.82, 2.24) is 24.3 Å². The second kappa shape index (κ2) is 9.69. The molecule has 0 fully saturated rings. The van der Waals surface area contributed by atoms with Gasteiger partial charge >= 0.3 is 6.18 Å². The fraction of sp³-hybridized carbons (Fsp3) is 0.0800. The molecule has 4 N–H and O–H groups in total. The average molecular weight is 520 g/mol. The van der Waals surface area contributed by atoms with E-state index in [-0.39, 0.29) is 34.9 Å². The van der Waals surface area contributed by atoms with E-state index >= 15 is 0 Å². The number of nitrogens with two attached hydrogens (primary N) is 1. The molecule has 1 amide bonds.